The van der Waals surface area contributed by atoms with Gasteiger partial charge in [-0.1, -0.05) is 0 Å². The van der Waals surface area contributed by atoms with Crippen LogP contribution in [0, 0.1) is 25.7 Å². The van der Waals surface area contributed by atoms with E-state index in [0.29, 0.717) is 11.8 Å². The molecule has 2 aliphatic rings. The lowest BCUT2D eigenvalue weighted by Gasteiger charge is -2.21. The van der Waals surface area contributed by atoms with Crippen molar-refractivity contribution >= 4 is 23.2 Å². The van der Waals surface area contributed by atoms with Gasteiger partial charge in [-0.2, -0.15) is 13.2 Å². The molecule has 0 spiro atoms. The number of alkyl halides is 3. The average molecular weight is 422 g/mol. The van der Waals surface area contributed by atoms with Crippen LogP contribution in [0.2, 0.25) is 0 Å². The van der Waals surface area contributed by atoms with Crippen LogP contribution < -0.4 is 0 Å². The number of thiophene rings is 1. The van der Waals surface area contributed by atoms with E-state index in [2.05, 4.69) is 32.8 Å². The maximum Gasteiger partial charge on any atom is 0.490 e. The summed E-state index contributed by atoms with van der Waals surface area (Å²) in [6.45, 7) is 7.62. The highest BCUT2D eigenvalue weighted by Crippen LogP contribution is 2.35. The summed E-state index contributed by atoms with van der Waals surface area (Å²) in [6, 6.07) is 2.02. The van der Waals surface area contributed by atoms with E-state index in [1.165, 1.54) is 10.4 Å². The van der Waals surface area contributed by atoms with Gasteiger partial charge in [0.25, 0.3) is 5.91 Å². The molecule has 0 saturated carbocycles. The number of carbonyl (C=O) groups excluding carboxylic acids is 1. The average Bonchev–Trinajstić information content (AvgIpc) is 3.23. The lowest BCUT2D eigenvalue weighted by Crippen LogP contribution is -2.32. The fourth-order valence-corrected chi connectivity index (χ4v) is 4.46. The molecule has 28 heavy (non-hydrogen) atoms. The summed E-state index contributed by atoms with van der Waals surface area (Å²) in [4.78, 5) is 27.8. The minimum Gasteiger partial charge on any atom is -0.475 e. The number of carbonyl (C=O) groups is 2. The SMILES string of the molecule is Cc1cc(C(=O)N2C[C@@H]3[C@H](CN(C)C)CO[C@@H]3C2)sc1C.O=C(O)C(F)(F)F. The molecule has 158 valence electrons. The zero-order valence-corrected chi connectivity index (χ0v) is 17.1. The maximum absolute atomic E-state index is 12.6. The van der Waals surface area contributed by atoms with Gasteiger partial charge in [0.15, 0.2) is 0 Å². The largest absolute Gasteiger partial charge is 0.490 e. The summed E-state index contributed by atoms with van der Waals surface area (Å²) in [7, 11) is 4.20. The first-order valence-corrected chi connectivity index (χ1v) is 9.64. The zero-order valence-electron chi connectivity index (χ0n) is 16.2. The topological polar surface area (TPSA) is 70.1 Å². The van der Waals surface area contributed by atoms with Crippen LogP contribution in [0.15, 0.2) is 6.07 Å². The van der Waals surface area contributed by atoms with Gasteiger partial charge in [-0.25, -0.2) is 4.79 Å². The van der Waals surface area contributed by atoms with Gasteiger partial charge in [-0.05, 0) is 39.6 Å². The number of carboxylic acid groups (broad SMARTS) is 1. The Morgan fingerprint density at radius 2 is 1.93 bits per heavy atom. The fraction of sp³-hybridized carbons (Fsp3) is 0.667. The third-order valence-electron chi connectivity index (χ3n) is 4.95. The number of nitrogens with zero attached hydrogens (tertiary/aromatic N) is 2. The molecule has 0 radical (unpaired) electrons. The number of rotatable bonds is 3. The van der Waals surface area contributed by atoms with E-state index in [0.717, 1.165) is 31.1 Å². The van der Waals surface area contributed by atoms with Gasteiger partial charge < -0.3 is 19.6 Å². The Bertz CT molecular complexity index is 701. The number of hydrogen-bond acceptors (Lipinski definition) is 5. The lowest BCUT2D eigenvalue weighted by atomic mass is 9.93. The summed E-state index contributed by atoms with van der Waals surface area (Å²) in [5.74, 6) is -1.53. The molecule has 0 bridgehead atoms. The molecule has 3 atom stereocenters. The molecule has 1 amide bonds. The second-order valence-corrected chi connectivity index (χ2v) is 8.68. The zero-order chi connectivity index (χ0) is 21.2. The number of aliphatic carboxylic acids is 1. The van der Waals surface area contributed by atoms with Crippen molar-refractivity contribution in [1.82, 2.24) is 9.80 Å². The van der Waals surface area contributed by atoms with Crippen LogP contribution in [0.5, 0.6) is 0 Å². The van der Waals surface area contributed by atoms with Gasteiger partial charge in [0.2, 0.25) is 0 Å². The molecule has 3 rings (SSSR count). The van der Waals surface area contributed by atoms with Crippen molar-refractivity contribution < 1.29 is 32.6 Å². The number of fused-ring (bicyclic) bond motifs is 1. The number of amides is 1. The minimum atomic E-state index is -5.08. The van der Waals surface area contributed by atoms with Crippen LogP contribution in [0.4, 0.5) is 13.2 Å². The highest BCUT2D eigenvalue weighted by Gasteiger charge is 2.45. The standard InChI is InChI=1S/C16H24N2O2S.C2HF3O2/c1-10-5-15(21-11(10)2)16(19)18-7-13-12(6-17(3)4)9-20-14(13)8-18;3-2(4,5)1(6)7/h5,12-14H,6-9H2,1-4H3;(H,6,7)/t12-,13-,14-;/m1./s1. The Hall–Kier alpha value is -1.65. The number of ether oxygens (including phenoxy) is 1. The summed E-state index contributed by atoms with van der Waals surface area (Å²) < 4.78 is 37.7. The quantitative estimate of drug-likeness (QED) is 0.811. The molecule has 3 heterocycles. The van der Waals surface area contributed by atoms with Gasteiger partial charge in [-0.3, -0.25) is 4.79 Å². The molecular formula is C18H25F3N2O4S. The van der Waals surface area contributed by atoms with E-state index in [4.69, 9.17) is 14.6 Å². The van der Waals surface area contributed by atoms with Crippen molar-refractivity contribution in [3.8, 4) is 0 Å². The van der Waals surface area contributed by atoms with Crippen molar-refractivity contribution in [3.63, 3.8) is 0 Å². The molecule has 1 N–H and O–H groups in total. The molecule has 0 aliphatic carbocycles. The third kappa shape index (κ3) is 5.45. The third-order valence-corrected chi connectivity index (χ3v) is 6.09. The molecule has 0 aromatic carbocycles. The summed E-state index contributed by atoms with van der Waals surface area (Å²) in [6.07, 6.45) is -4.85. The molecule has 2 aliphatic heterocycles. The van der Waals surface area contributed by atoms with Gasteiger partial charge >= 0.3 is 12.1 Å². The number of likely N-dealkylation sites (tertiary alicyclic amines) is 1. The molecule has 6 nitrogen and oxygen atoms in total. The first-order chi connectivity index (χ1) is 12.9. The minimum absolute atomic E-state index is 0.179. The predicted octanol–water partition coefficient (Wildman–Crippen LogP) is 2.65. The lowest BCUT2D eigenvalue weighted by molar-refractivity contribution is -0.192. The molecular weight excluding hydrogens is 397 g/mol. The van der Waals surface area contributed by atoms with E-state index in [-0.39, 0.29) is 12.0 Å². The van der Waals surface area contributed by atoms with Crippen molar-refractivity contribution in [2.45, 2.75) is 26.1 Å². The summed E-state index contributed by atoms with van der Waals surface area (Å²) in [5, 5.41) is 7.12. The highest BCUT2D eigenvalue weighted by atomic mass is 32.1. The van der Waals surface area contributed by atoms with E-state index in [9.17, 15) is 18.0 Å². The first-order valence-electron chi connectivity index (χ1n) is 8.83. The number of halogens is 3. The maximum atomic E-state index is 12.6. The predicted molar refractivity (Wildman–Crippen MR) is 98.7 cm³/mol. The van der Waals surface area contributed by atoms with Crippen LogP contribution in [-0.4, -0.2) is 79.4 Å². The Morgan fingerprint density at radius 3 is 2.39 bits per heavy atom. The van der Waals surface area contributed by atoms with Gasteiger partial charge in [-0.15, -0.1) is 11.3 Å². The second kappa shape index (κ2) is 8.79. The summed E-state index contributed by atoms with van der Waals surface area (Å²) >= 11 is 1.61. The van der Waals surface area contributed by atoms with Crippen molar-refractivity contribution in [2.75, 3.05) is 40.3 Å². The Morgan fingerprint density at radius 1 is 1.32 bits per heavy atom. The molecule has 1 aromatic rings. The van der Waals surface area contributed by atoms with Crippen LogP contribution in [0.25, 0.3) is 0 Å². The van der Waals surface area contributed by atoms with Crippen molar-refractivity contribution in [2.24, 2.45) is 11.8 Å². The van der Waals surface area contributed by atoms with Crippen molar-refractivity contribution in [3.05, 3.63) is 21.4 Å². The normalized spacial score (nSPS) is 24.1. The molecule has 2 fully saturated rings. The smallest absolute Gasteiger partial charge is 0.475 e. The molecule has 10 heteroatoms. The van der Waals surface area contributed by atoms with Crippen LogP contribution >= 0.6 is 11.3 Å². The van der Waals surface area contributed by atoms with E-state index in [1.54, 1.807) is 11.3 Å². The Labute approximate surface area is 165 Å². The number of aryl methyl sites for hydroxylation is 2. The van der Waals surface area contributed by atoms with E-state index < -0.39 is 12.1 Å². The fourth-order valence-electron chi connectivity index (χ4n) is 3.46. The Balaban J connectivity index is 0.000000345. The summed E-state index contributed by atoms with van der Waals surface area (Å²) in [5.41, 5.74) is 1.21. The van der Waals surface area contributed by atoms with Crippen LogP contribution in [-0.2, 0) is 9.53 Å². The van der Waals surface area contributed by atoms with Gasteiger partial charge in [0.05, 0.1) is 17.6 Å². The van der Waals surface area contributed by atoms with Crippen LogP contribution in [0.3, 0.4) is 0 Å². The highest BCUT2D eigenvalue weighted by molar-refractivity contribution is 7.14. The Kier molecular flexibility index (Phi) is 7.11. The molecule has 1 aromatic heterocycles. The molecule has 0 unspecified atom stereocenters. The number of carboxylic acids is 1. The second-order valence-electron chi connectivity index (χ2n) is 7.42. The van der Waals surface area contributed by atoms with Crippen LogP contribution in [0.1, 0.15) is 20.1 Å². The van der Waals surface area contributed by atoms with Gasteiger partial charge in [0.1, 0.15) is 0 Å². The van der Waals surface area contributed by atoms with Gasteiger partial charge in [0, 0.05) is 36.3 Å². The van der Waals surface area contributed by atoms with E-state index >= 15 is 0 Å². The number of hydrogen-bond donors (Lipinski definition) is 1. The van der Waals surface area contributed by atoms with Crippen molar-refractivity contribution in [1.29, 1.82) is 0 Å². The molecule has 2 saturated heterocycles. The van der Waals surface area contributed by atoms with E-state index in [1.807, 2.05) is 11.0 Å². The monoisotopic (exact) mass is 422 g/mol. The first kappa shape index (κ1) is 22.6.